The van der Waals surface area contributed by atoms with Crippen molar-refractivity contribution >= 4 is 11.7 Å². The van der Waals surface area contributed by atoms with Gasteiger partial charge in [-0.1, -0.05) is 11.6 Å². The number of nitrogens with zero attached hydrogens (tertiary/aromatic N) is 1. The highest BCUT2D eigenvalue weighted by molar-refractivity contribution is 5.97. The molecule has 0 aromatic heterocycles. The molecule has 102 valence electrons. The molecule has 1 amide bonds. The first kappa shape index (κ1) is 13.6. The number of ketones is 1. The molecule has 1 saturated heterocycles. The minimum absolute atomic E-state index is 0.00377. The van der Waals surface area contributed by atoms with Crippen molar-refractivity contribution < 1.29 is 14.7 Å². The highest BCUT2D eigenvalue weighted by Gasteiger charge is 2.31. The lowest BCUT2D eigenvalue weighted by Crippen LogP contribution is -2.36. The number of aryl methyl sites for hydroxylation is 1. The summed E-state index contributed by atoms with van der Waals surface area (Å²) >= 11 is 0. The van der Waals surface area contributed by atoms with Crippen LogP contribution >= 0.6 is 0 Å². The molecule has 1 fully saturated rings. The van der Waals surface area contributed by atoms with Gasteiger partial charge in [0.05, 0.1) is 5.56 Å². The van der Waals surface area contributed by atoms with Gasteiger partial charge in [-0.25, -0.2) is 0 Å². The Labute approximate surface area is 113 Å². The van der Waals surface area contributed by atoms with Gasteiger partial charge in [0.2, 0.25) is 0 Å². The van der Waals surface area contributed by atoms with E-state index in [1.165, 1.54) is 0 Å². The predicted octanol–water partition coefficient (Wildman–Crippen LogP) is 2.28. The number of carbonyl (C=O) groups is 2. The monoisotopic (exact) mass is 261 g/mol. The van der Waals surface area contributed by atoms with E-state index >= 15 is 0 Å². The molecule has 1 aliphatic heterocycles. The molecule has 1 aromatic rings. The van der Waals surface area contributed by atoms with Gasteiger partial charge in [0.1, 0.15) is 11.5 Å². The Hall–Kier alpha value is -1.84. The molecular weight excluding hydrogens is 242 g/mol. The summed E-state index contributed by atoms with van der Waals surface area (Å²) in [6.45, 7) is 4.09. The van der Waals surface area contributed by atoms with Crippen molar-refractivity contribution in [2.75, 3.05) is 6.54 Å². The van der Waals surface area contributed by atoms with Crippen molar-refractivity contribution in [3.8, 4) is 5.75 Å². The van der Waals surface area contributed by atoms with Crippen molar-refractivity contribution in [2.45, 2.75) is 39.2 Å². The fraction of sp³-hybridized carbons (Fsp3) is 0.467. The van der Waals surface area contributed by atoms with E-state index in [-0.39, 0.29) is 23.5 Å². The molecular formula is C15H19NO3. The fourth-order valence-corrected chi connectivity index (χ4v) is 2.62. The number of aromatic hydroxyl groups is 1. The van der Waals surface area contributed by atoms with E-state index in [9.17, 15) is 14.7 Å². The summed E-state index contributed by atoms with van der Waals surface area (Å²) in [5.41, 5.74) is 1.26. The molecule has 4 nitrogen and oxygen atoms in total. The van der Waals surface area contributed by atoms with Crippen LogP contribution in [-0.4, -0.2) is 34.3 Å². The first-order valence-electron chi connectivity index (χ1n) is 6.59. The van der Waals surface area contributed by atoms with Gasteiger partial charge in [-0.2, -0.15) is 0 Å². The zero-order valence-corrected chi connectivity index (χ0v) is 11.3. The molecule has 0 spiro atoms. The second-order valence-corrected chi connectivity index (χ2v) is 5.22. The quantitative estimate of drug-likeness (QED) is 0.908. The number of amides is 1. The maximum absolute atomic E-state index is 12.5. The second kappa shape index (κ2) is 5.43. The number of benzene rings is 1. The maximum Gasteiger partial charge on any atom is 0.257 e. The van der Waals surface area contributed by atoms with Crippen LogP contribution in [0.15, 0.2) is 18.2 Å². The first-order valence-corrected chi connectivity index (χ1v) is 6.59. The predicted molar refractivity (Wildman–Crippen MR) is 72.2 cm³/mol. The summed E-state index contributed by atoms with van der Waals surface area (Å²) in [5.74, 6) is -0.0767. The van der Waals surface area contributed by atoms with Crippen molar-refractivity contribution in [1.82, 2.24) is 4.90 Å². The third-order valence-corrected chi connectivity index (χ3v) is 3.54. The summed E-state index contributed by atoms with van der Waals surface area (Å²) in [7, 11) is 0. The third kappa shape index (κ3) is 2.95. The summed E-state index contributed by atoms with van der Waals surface area (Å²) in [4.78, 5) is 25.4. The average Bonchev–Trinajstić information content (AvgIpc) is 2.78. The Bertz CT molecular complexity index is 510. The normalized spacial score (nSPS) is 18.6. The molecule has 2 rings (SSSR count). The largest absolute Gasteiger partial charge is 0.507 e. The molecule has 1 N–H and O–H groups in total. The van der Waals surface area contributed by atoms with E-state index in [0.717, 1.165) is 18.4 Å². The van der Waals surface area contributed by atoms with Crippen LogP contribution in [0.3, 0.4) is 0 Å². The fourth-order valence-electron chi connectivity index (χ4n) is 2.62. The molecule has 1 aliphatic rings. The van der Waals surface area contributed by atoms with Crippen molar-refractivity contribution in [1.29, 1.82) is 0 Å². The molecule has 1 unspecified atom stereocenters. The molecule has 4 heteroatoms. The highest BCUT2D eigenvalue weighted by atomic mass is 16.3. The molecule has 0 bridgehead atoms. The SMILES string of the molecule is CC(=O)CC1CCCN1C(=O)c1cc(C)ccc1O. The number of phenols is 1. The molecule has 1 aromatic carbocycles. The minimum Gasteiger partial charge on any atom is -0.507 e. The lowest BCUT2D eigenvalue weighted by Gasteiger charge is -2.24. The summed E-state index contributed by atoms with van der Waals surface area (Å²) < 4.78 is 0. The number of rotatable bonds is 3. The van der Waals surface area contributed by atoms with Crippen LogP contribution < -0.4 is 0 Å². The molecule has 0 radical (unpaired) electrons. The number of phenolic OH excluding ortho intramolecular Hbond substituents is 1. The van der Waals surface area contributed by atoms with Crippen LogP contribution in [-0.2, 0) is 4.79 Å². The first-order chi connectivity index (χ1) is 8.99. The molecule has 1 heterocycles. The van der Waals surface area contributed by atoms with Gasteiger partial charge in [-0.3, -0.25) is 9.59 Å². The Morgan fingerprint density at radius 1 is 1.42 bits per heavy atom. The van der Waals surface area contributed by atoms with E-state index in [1.54, 1.807) is 30.0 Å². The molecule has 0 aliphatic carbocycles. The Kier molecular flexibility index (Phi) is 3.88. The summed E-state index contributed by atoms with van der Waals surface area (Å²) in [6, 6.07) is 4.98. The maximum atomic E-state index is 12.5. The Morgan fingerprint density at radius 3 is 2.84 bits per heavy atom. The molecule has 1 atom stereocenters. The van der Waals surface area contributed by atoms with Crippen molar-refractivity contribution in [3.05, 3.63) is 29.3 Å². The zero-order valence-electron chi connectivity index (χ0n) is 11.3. The average molecular weight is 261 g/mol. The molecule has 19 heavy (non-hydrogen) atoms. The van der Waals surface area contributed by atoms with Crippen LogP contribution in [0.5, 0.6) is 5.75 Å². The number of hydrogen-bond donors (Lipinski definition) is 1. The van der Waals surface area contributed by atoms with Gasteiger partial charge < -0.3 is 10.0 Å². The summed E-state index contributed by atoms with van der Waals surface area (Å²) in [5, 5.41) is 9.82. The van der Waals surface area contributed by atoms with Gasteiger partial charge in [-0.05, 0) is 38.8 Å². The van der Waals surface area contributed by atoms with Gasteiger partial charge in [-0.15, -0.1) is 0 Å². The van der Waals surface area contributed by atoms with Gasteiger partial charge >= 0.3 is 0 Å². The van der Waals surface area contributed by atoms with Crippen LogP contribution in [0.4, 0.5) is 0 Å². The van der Waals surface area contributed by atoms with Gasteiger partial charge in [0, 0.05) is 19.0 Å². The van der Waals surface area contributed by atoms with Crippen LogP contribution in [0, 0.1) is 6.92 Å². The summed E-state index contributed by atoms with van der Waals surface area (Å²) in [6.07, 6.45) is 2.17. The van der Waals surface area contributed by atoms with E-state index in [2.05, 4.69) is 0 Å². The third-order valence-electron chi connectivity index (χ3n) is 3.54. The molecule has 0 saturated carbocycles. The highest BCUT2D eigenvalue weighted by Crippen LogP contribution is 2.26. The van der Waals surface area contributed by atoms with Crippen LogP contribution in [0.2, 0.25) is 0 Å². The van der Waals surface area contributed by atoms with E-state index in [0.29, 0.717) is 18.5 Å². The van der Waals surface area contributed by atoms with E-state index in [1.807, 2.05) is 6.92 Å². The van der Waals surface area contributed by atoms with Crippen molar-refractivity contribution in [3.63, 3.8) is 0 Å². The second-order valence-electron chi connectivity index (χ2n) is 5.22. The van der Waals surface area contributed by atoms with Gasteiger partial charge in [0.15, 0.2) is 0 Å². The van der Waals surface area contributed by atoms with Crippen LogP contribution in [0.25, 0.3) is 0 Å². The lowest BCUT2D eigenvalue weighted by atomic mass is 10.1. The smallest absolute Gasteiger partial charge is 0.257 e. The zero-order chi connectivity index (χ0) is 14.0. The van der Waals surface area contributed by atoms with Crippen LogP contribution in [0.1, 0.15) is 42.1 Å². The topological polar surface area (TPSA) is 57.6 Å². The number of Topliss-reactive ketones (excluding diaryl/α,β-unsaturated/α-hetero) is 1. The van der Waals surface area contributed by atoms with Crippen molar-refractivity contribution in [2.24, 2.45) is 0 Å². The Morgan fingerprint density at radius 2 is 2.16 bits per heavy atom. The van der Waals surface area contributed by atoms with Gasteiger partial charge in [0.25, 0.3) is 5.91 Å². The standard InChI is InChI=1S/C15H19NO3/c1-10-5-6-14(18)13(8-10)15(19)16-7-3-4-12(16)9-11(2)17/h5-6,8,12,18H,3-4,7,9H2,1-2H3. The minimum atomic E-state index is -0.176. The number of hydrogen-bond acceptors (Lipinski definition) is 3. The van der Waals surface area contributed by atoms with E-state index in [4.69, 9.17) is 0 Å². The number of carbonyl (C=O) groups excluding carboxylic acids is 2. The lowest BCUT2D eigenvalue weighted by molar-refractivity contribution is -0.117. The number of likely N-dealkylation sites (tertiary alicyclic amines) is 1. The van der Waals surface area contributed by atoms with E-state index < -0.39 is 0 Å². The Balaban J connectivity index is 2.23.